The lowest BCUT2D eigenvalue weighted by Crippen LogP contribution is -2.39. The maximum Gasteiger partial charge on any atom is 0.110 e. The molecule has 0 spiro atoms. The minimum Gasteiger partial charge on any atom is -0.335 e. The molecule has 1 aromatic heterocycles. The van der Waals surface area contributed by atoms with E-state index in [0.29, 0.717) is 0 Å². The fraction of sp³-hybridized carbons (Fsp3) is 0.400. The third-order valence-electron chi connectivity index (χ3n) is 3.37. The van der Waals surface area contributed by atoms with Gasteiger partial charge in [-0.15, -0.1) is 0 Å². The highest BCUT2D eigenvalue weighted by Crippen LogP contribution is 2.10. The molecule has 0 saturated heterocycles. The fourth-order valence-electron chi connectivity index (χ4n) is 2.35. The molecule has 0 aliphatic rings. The Labute approximate surface area is 114 Å². The van der Waals surface area contributed by atoms with Gasteiger partial charge in [0, 0.05) is 31.4 Å². The van der Waals surface area contributed by atoms with Crippen molar-refractivity contribution >= 4 is 0 Å². The van der Waals surface area contributed by atoms with Crippen molar-refractivity contribution in [2.24, 2.45) is 5.84 Å². The minimum absolute atomic E-state index is 0.203. The predicted molar refractivity (Wildman–Crippen MR) is 77.6 cm³/mol. The molecule has 0 saturated carbocycles. The molecule has 4 heteroatoms. The van der Waals surface area contributed by atoms with E-state index in [1.165, 1.54) is 11.1 Å². The van der Waals surface area contributed by atoms with Crippen LogP contribution < -0.4 is 11.3 Å². The molecule has 2 rings (SSSR count). The monoisotopic (exact) mass is 258 g/mol. The Morgan fingerprint density at radius 3 is 2.89 bits per heavy atom. The summed E-state index contributed by atoms with van der Waals surface area (Å²) in [6.07, 6.45) is 5.61. The van der Waals surface area contributed by atoms with Crippen molar-refractivity contribution in [3.63, 3.8) is 0 Å². The van der Waals surface area contributed by atoms with Gasteiger partial charge in [0.2, 0.25) is 0 Å². The normalized spacial score (nSPS) is 12.6. The molecule has 1 aromatic carbocycles. The number of nitrogens with zero attached hydrogens (tertiary/aromatic N) is 2. The summed E-state index contributed by atoms with van der Waals surface area (Å²) in [6.45, 7) is 5.17. The lowest BCUT2D eigenvalue weighted by Gasteiger charge is -2.16. The summed E-state index contributed by atoms with van der Waals surface area (Å²) in [6, 6.07) is 8.75. The van der Waals surface area contributed by atoms with Gasteiger partial charge in [-0.3, -0.25) is 11.3 Å². The van der Waals surface area contributed by atoms with Crippen LogP contribution in [0, 0.1) is 6.92 Å². The van der Waals surface area contributed by atoms with Gasteiger partial charge in [-0.05, 0) is 25.8 Å². The second kappa shape index (κ2) is 6.50. The number of aryl methyl sites for hydroxylation is 2. The van der Waals surface area contributed by atoms with E-state index in [2.05, 4.69) is 53.1 Å². The average molecular weight is 258 g/mol. The van der Waals surface area contributed by atoms with Gasteiger partial charge < -0.3 is 4.57 Å². The van der Waals surface area contributed by atoms with Crippen molar-refractivity contribution < 1.29 is 0 Å². The van der Waals surface area contributed by atoms with E-state index < -0.39 is 0 Å². The van der Waals surface area contributed by atoms with Gasteiger partial charge in [-0.1, -0.05) is 29.8 Å². The number of hydrazine groups is 1. The van der Waals surface area contributed by atoms with Crippen molar-refractivity contribution in [2.45, 2.75) is 39.3 Å². The van der Waals surface area contributed by atoms with E-state index in [9.17, 15) is 0 Å². The fourth-order valence-corrected chi connectivity index (χ4v) is 2.35. The van der Waals surface area contributed by atoms with Crippen LogP contribution in [0.5, 0.6) is 0 Å². The van der Waals surface area contributed by atoms with Crippen LogP contribution in [0.4, 0.5) is 0 Å². The molecular formula is C15H22N4. The van der Waals surface area contributed by atoms with E-state index >= 15 is 0 Å². The first-order valence-electron chi connectivity index (χ1n) is 6.74. The predicted octanol–water partition coefficient (Wildman–Crippen LogP) is 1.83. The maximum absolute atomic E-state index is 5.68. The zero-order valence-corrected chi connectivity index (χ0v) is 11.6. The van der Waals surface area contributed by atoms with Crippen molar-refractivity contribution in [2.75, 3.05) is 0 Å². The highest BCUT2D eigenvalue weighted by molar-refractivity contribution is 5.23. The number of imidazole rings is 1. The number of aromatic nitrogens is 2. The molecule has 1 unspecified atom stereocenters. The molecule has 0 fully saturated rings. The molecule has 0 aliphatic heterocycles. The second-order valence-corrected chi connectivity index (χ2v) is 4.89. The minimum atomic E-state index is 0.203. The standard InChI is InChI=1S/C15H22N4/c1-3-19-8-7-17-15(19)11-14(18-16)10-13-6-4-5-12(2)9-13/h4-9,14,18H,3,10-11,16H2,1-2H3. The number of benzene rings is 1. The van der Waals surface area contributed by atoms with Crippen molar-refractivity contribution in [3.8, 4) is 0 Å². The largest absolute Gasteiger partial charge is 0.335 e. The van der Waals surface area contributed by atoms with Crippen LogP contribution in [0.2, 0.25) is 0 Å². The third-order valence-corrected chi connectivity index (χ3v) is 3.37. The van der Waals surface area contributed by atoms with Crippen LogP contribution >= 0.6 is 0 Å². The van der Waals surface area contributed by atoms with Crippen molar-refractivity contribution in [1.29, 1.82) is 0 Å². The van der Waals surface area contributed by atoms with Crippen LogP contribution in [0.15, 0.2) is 36.7 Å². The topological polar surface area (TPSA) is 55.9 Å². The summed E-state index contributed by atoms with van der Waals surface area (Å²) >= 11 is 0. The maximum atomic E-state index is 5.68. The molecule has 1 atom stereocenters. The number of hydrogen-bond acceptors (Lipinski definition) is 3. The van der Waals surface area contributed by atoms with Crippen LogP contribution in [-0.2, 0) is 19.4 Å². The number of rotatable bonds is 6. The Balaban J connectivity index is 2.04. The first kappa shape index (κ1) is 13.8. The van der Waals surface area contributed by atoms with Crippen molar-refractivity contribution in [3.05, 3.63) is 53.6 Å². The SMILES string of the molecule is CCn1ccnc1CC(Cc1cccc(C)c1)NN. The van der Waals surface area contributed by atoms with E-state index in [0.717, 1.165) is 25.2 Å². The lowest BCUT2D eigenvalue weighted by molar-refractivity contribution is 0.499. The molecule has 102 valence electrons. The highest BCUT2D eigenvalue weighted by atomic mass is 15.2. The van der Waals surface area contributed by atoms with Gasteiger partial charge in [-0.2, -0.15) is 0 Å². The average Bonchev–Trinajstić information content (AvgIpc) is 2.85. The molecule has 4 nitrogen and oxygen atoms in total. The zero-order valence-electron chi connectivity index (χ0n) is 11.6. The number of nitrogens with two attached hydrogens (primary N) is 1. The quantitative estimate of drug-likeness (QED) is 0.614. The van der Waals surface area contributed by atoms with E-state index in [1.807, 2.05) is 12.4 Å². The first-order valence-corrected chi connectivity index (χ1v) is 6.74. The van der Waals surface area contributed by atoms with Crippen molar-refractivity contribution in [1.82, 2.24) is 15.0 Å². The number of nitrogens with one attached hydrogen (secondary N) is 1. The van der Waals surface area contributed by atoms with E-state index in [4.69, 9.17) is 5.84 Å². The molecule has 0 amide bonds. The Morgan fingerprint density at radius 2 is 2.21 bits per heavy atom. The molecule has 0 aliphatic carbocycles. The highest BCUT2D eigenvalue weighted by Gasteiger charge is 2.12. The molecule has 0 bridgehead atoms. The molecule has 3 N–H and O–H groups in total. The van der Waals surface area contributed by atoms with Crippen LogP contribution in [0.3, 0.4) is 0 Å². The third kappa shape index (κ3) is 3.66. The zero-order chi connectivity index (χ0) is 13.7. The summed E-state index contributed by atoms with van der Waals surface area (Å²) in [5.74, 6) is 6.76. The van der Waals surface area contributed by atoms with Gasteiger partial charge in [0.25, 0.3) is 0 Å². The summed E-state index contributed by atoms with van der Waals surface area (Å²) in [5.41, 5.74) is 5.49. The van der Waals surface area contributed by atoms with Gasteiger partial charge >= 0.3 is 0 Å². The Bertz CT molecular complexity index is 518. The smallest absolute Gasteiger partial charge is 0.110 e. The lowest BCUT2D eigenvalue weighted by atomic mass is 10.0. The summed E-state index contributed by atoms with van der Waals surface area (Å²) in [4.78, 5) is 4.40. The van der Waals surface area contributed by atoms with Gasteiger partial charge in [0.1, 0.15) is 5.82 Å². The van der Waals surface area contributed by atoms with Crippen LogP contribution in [0.25, 0.3) is 0 Å². The van der Waals surface area contributed by atoms with Crippen LogP contribution in [0.1, 0.15) is 23.9 Å². The molecule has 1 heterocycles. The first-order chi connectivity index (χ1) is 9.22. The summed E-state index contributed by atoms with van der Waals surface area (Å²) in [7, 11) is 0. The molecular weight excluding hydrogens is 236 g/mol. The summed E-state index contributed by atoms with van der Waals surface area (Å²) < 4.78 is 2.15. The second-order valence-electron chi connectivity index (χ2n) is 4.89. The Morgan fingerprint density at radius 1 is 1.37 bits per heavy atom. The summed E-state index contributed by atoms with van der Waals surface area (Å²) in [5, 5.41) is 0. The molecule has 19 heavy (non-hydrogen) atoms. The van der Waals surface area contributed by atoms with Gasteiger partial charge in [0.15, 0.2) is 0 Å². The number of hydrogen-bond donors (Lipinski definition) is 2. The van der Waals surface area contributed by atoms with Gasteiger partial charge in [-0.25, -0.2) is 4.98 Å². The van der Waals surface area contributed by atoms with Crippen LogP contribution in [-0.4, -0.2) is 15.6 Å². The van der Waals surface area contributed by atoms with Gasteiger partial charge in [0.05, 0.1) is 0 Å². The molecule has 2 aromatic rings. The van der Waals surface area contributed by atoms with E-state index in [1.54, 1.807) is 0 Å². The molecule has 0 radical (unpaired) electrons. The Kier molecular flexibility index (Phi) is 4.71. The van der Waals surface area contributed by atoms with E-state index in [-0.39, 0.29) is 6.04 Å². The Hall–Kier alpha value is -1.65.